The van der Waals surface area contributed by atoms with Gasteiger partial charge in [-0.2, -0.15) is 0 Å². The number of hydrogen-bond donors (Lipinski definition) is 2. The summed E-state index contributed by atoms with van der Waals surface area (Å²) in [5, 5.41) is 12.9. The van der Waals surface area contributed by atoms with Crippen molar-refractivity contribution < 1.29 is 9.90 Å². The molecule has 0 aliphatic heterocycles. The Morgan fingerprint density at radius 3 is 2.94 bits per heavy atom. The molecule has 4 atom stereocenters. The number of carboxylic acid groups (broad SMARTS) is 1. The predicted molar refractivity (Wildman–Crippen MR) is 68.3 cm³/mol. The maximum absolute atomic E-state index is 11.4. The molecule has 4 heteroatoms. The molecule has 1 aromatic heterocycles. The van der Waals surface area contributed by atoms with E-state index in [1.54, 1.807) is 6.20 Å². The summed E-state index contributed by atoms with van der Waals surface area (Å²) in [7, 11) is 0. The highest BCUT2D eigenvalue weighted by Gasteiger charge is 2.51. The third kappa shape index (κ3) is 1.76. The number of rotatable bonds is 3. The number of aromatic nitrogens is 1. The zero-order chi connectivity index (χ0) is 12.7. The Balaban J connectivity index is 1.83. The molecule has 2 bridgehead atoms. The lowest BCUT2D eigenvalue weighted by molar-refractivity contribution is -0.143. The van der Waals surface area contributed by atoms with Crippen LogP contribution < -0.4 is 5.32 Å². The number of fused-ring (bicyclic) bond motifs is 2. The summed E-state index contributed by atoms with van der Waals surface area (Å²) in [5.41, 5.74) is 2.10. The average Bonchev–Trinajstić information content (AvgIpc) is 2.92. The van der Waals surface area contributed by atoms with Crippen molar-refractivity contribution in [1.29, 1.82) is 0 Å². The highest BCUT2D eigenvalue weighted by Crippen LogP contribution is 2.49. The van der Waals surface area contributed by atoms with E-state index in [4.69, 9.17) is 0 Å². The van der Waals surface area contributed by atoms with Gasteiger partial charge in [0.05, 0.1) is 5.92 Å². The molecule has 0 aromatic carbocycles. The Bertz CT molecular complexity index is 475. The van der Waals surface area contributed by atoms with Crippen molar-refractivity contribution in [2.75, 3.05) is 5.32 Å². The minimum Gasteiger partial charge on any atom is -0.481 e. The summed E-state index contributed by atoms with van der Waals surface area (Å²) in [6.45, 7) is 2.00. The number of nitrogens with zero attached hydrogens (tertiary/aromatic N) is 1. The molecule has 0 radical (unpaired) electrons. The molecule has 2 fully saturated rings. The Kier molecular flexibility index (Phi) is 2.73. The first kappa shape index (κ1) is 11.5. The first-order valence-corrected chi connectivity index (χ1v) is 6.57. The lowest BCUT2D eigenvalue weighted by Crippen LogP contribution is -2.39. The molecule has 4 nitrogen and oxygen atoms in total. The van der Waals surface area contributed by atoms with Gasteiger partial charge in [-0.1, -0.05) is 0 Å². The fourth-order valence-electron chi connectivity index (χ4n) is 3.67. The fraction of sp³-hybridized carbons (Fsp3) is 0.571. The molecule has 0 saturated heterocycles. The molecule has 18 heavy (non-hydrogen) atoms. The van der Waals surface area contributed by atoms with Gasteiger partial charge < -0.3 is 10.4 Å². The summed E-state index contributed by atoms with van der Waals surface area (Å²) in [6, 6.07) is 2.02. The van der Waals surface area contributed by atoms with E-state index in [2.05, 4.69) is 10.3 Å². The highest BCUT2D eigenvalue weighted by atomic mass is 16.4. The van der Waals surface area contributed by atoms with Gasteiger partial charge in [-0.3, -0.25) is 9.78 Å². The molecule has 2 N–H and O–H groups in total. The van der Waals surface area contributed by atoms with Crippen LogP contribution in [0.2, 0.25) is 0 Å². The first-order chi connectivity index (χ1) is 8.66. The summed E-state index contributed by atoms with van der Waals surface area (Å²) in [5.74, 6) is 0.0125. The second-order valence-electron chi connectivity index (χ2n) is 5.56. The van der Waals surface area contributed by atoms with E-state index in [9.17, 15) is 9.90 Å². The number of nitrogens with one attached hydrogen (secondary N) is 1. The number of aliphatic carboxylic acids is 1. The van der Waals surface area contributed by atoms with Crippen molar-refractivity contribution in [2.24, 2.45) is 17.8 Å². The lowest BCUT2D eigenvalue weighted by atomic mass is 9.84. The van der Waals surface area contributed by atoms with E-state index in [1.807, 2.05) is 19.2 Å². The van der Waals surface area contributed by atoms with Crippen LogP contribution in [-0.4, -0.2) is 22.1 Å². The number of carbonyl (C=O) groups is 1. The summed E-state index contributed by atoms with van der Waals surface area (Å²) in [6.07, 6.45) is 6.87. The van der Waals surface area contributed by atoms with Crippen LogP contribution in [0.5, 0.6) is 0 Å². The molecule has 0 amide bonds. The van der Waals surface area contributed by atoms with Crippen molar-refractivity contribution in [3.63, 3.8) is 0 Å². The van der Waals surface area contributed by atoms with Crippen molar-refractivity contribution in [3.8, 4) is 0 Å². The maximum Gasteiger partial charge on any atom is 0.308 e. The smallest absolute Gasteiger partial charge is 0.308 e. The first-order valence-electron chi connectivity index (χ1n) is 6.57. The molecular weight excluding hydrogens is 228 g/mol. The second kappa shape index (κ2) is 4.26. The van der Waals surface area contributed by atoms with Crippen LogP contribution in [0.25, 0.3) is 0 Å². The van der Waals surface area contributed by atoms with E-state index in [0.29, 0.717) is 11.8 Å². The Hall–Kier alpha value is -1.58. The van der Waals surface area contributed by atoms with Crippen LogP contribution >= 0.6 is 0 Å². The molecule has 1 aromatic rings. The Morgan fingerprint density at radius 2 is 2.22 bits per heavy atom. The number of anilines is 1. The normalized spacial score (nSPS) is 33.6. The molecule has 2 saturated carbocycles. The second-order valence-corrected chi connectivity index (χ2v) is 5.56. The van der Waals surface area contributed by atoms with Crippen molar-refractivity contribution in [2.45, 2.75) is 32.2 Å². The van der Waals surface area contributed by atoms with Gasteiger partial charge >= 0.3 is 5.97 Å². The van der Waals surface area contributed by atoms with E-state index < -0.39 is 5.97 Å². The van der Waals surface area contributed by atoms with Crippen molar-refractivity contribution in [3.05, 3.63) is 24.0 Å². The molecule has 1 heterocycles. The van der Waals surface area contributed by atoms with Crippen molar-refractivity contribution in [1.82, 2.24) is 4.98 Å². The predicted octanol–water partition coefficient (Wildman–Crippen LogP) is 2.30. The summed E-state index contributed by atoms with van der Waals surface area (Å²) < 4.78 is 0. The van der Waals surface area contributed by atoms with Gasteiger partial charge in [0.15, 0.2) is 0 Å². The van der Waals surface area contributed by atoms with Gasteiger partial charge in [0, 0.05) is 24.1 Å². The largest absolute Gasteiger partial charge is 0.481 e. The van der Waals surface area contributed by atoms with E-state index in [1.165, 1.54) is 0 Å². The van der Waals surface area contributed by atoms with Crippen LogP contribution in [0.1, 0.15) is 24.8 Å². The van der Waals surface area contributed by atoms with Gasteiger partial charge in [0.2, 0.25) is 0 Å². The molecule has 4 unspecified atom stereocenters. The van der Waals surface area contributed by atoms with Crippen molar-refractivity contribution >= 4 is 11.7 Å². The van der Waals surface area contributed by atoms with Crippen LogP contribution in [-0.2, 0) is 4.79 Å². The quantitative estimate of drug-likeness (QED) is 0.859. The Morgan fingerprint density at radius 1 is 1.44 bits per heavy atom. The molecular formula is C14H18N2O2. The number of pyridine rings is 1. The topological polar surface area (TPSA) is 62.2 Å². The minimum atomic E-state index is -0.647. The zero-order valence-electron chi connectivity index (χ0n) is 10.5. The highest BCUT2D eigenvalue weighted by molar-refractivity contribution is 5.73. The van der Waals surface area contributed by atoms with Gasteiger partial charge in [0.1, 0.15) is 0 Å². The summed E-state index contributed by atoms with van der Waals surface area (Å²) in [4.78, 5) is 15.5. The molecule has 3 rings (SSSR count). The molecule has 0 spiro atoms. The average molecular weight is 246 g/mol. The minimum absolute atomic E-state index is 0.0855. The lowest BCUT2D eigenvalue weighted by Gasteiger charge is -2.30. The van der Waals surface area contributed by atoms with Crippen LogP contribution in [0.3, 0.4) is 0 Å². The monoisotopic (exact) mass is 246 g/mol. The number of carboxylic acids is 1. The van der Waals surface area contributed by atoms with Gasteiger partial charge in [-0.25, -0.2) is 0 Å². The van der Waals surface area contributed by atoms with Crippen LogP contribution in [0.4, 0.5) is 5.69 Å². The van der Waals surface area contributed by atoms with Gasteiger partial charge in [0.25, 0.3) is 0 Å². The van der Waals surface area contributed by atoms with Crippen LogP contribution in [0.15, 0.2) is 18.5 Å². The number of hydrogen-bond acceptors (Lipinski definition) is 3. The SMILES string of the molecule is Cc1cnccc1NC1C2CCC(C2)C1C(=O)O. The van der Waals surface area contributed by atoms with Gasteiger partial charge in [-0.15, -0.1) is 0 Å². The number of aryl methyl sites for hydroxylation is 1. The van der Waals surface area contributed by atoms with Crippen LogP contribution in [0, 0.1) is 24.7 Å². The molecule has 2 aliphatic rings. The van der Waals surface area contributed by atoms with E-state index in [0.717, 1.165) is 30.5 Å². The molecule has 2 aliphatic carbocycles. The van der Waals surface area contributed by atoms with Gasteiger partial charge in [-0.05, 0) is 49.7 Å². The maximum atomic E-state index is 11.4. The standard InChI is InChI=1S/C14H18N2O2/c1-8-7-15-5-4-11(8)16-13-10-3-2-9(6-10)12(13)14(17)18/h4-5,7,9-10,12-13H,2-3,6H2,1H3,(H,15,16)(H,17,18). The third-order valence-electron chi connectivity index (χ3n) is 4.54. The zero-order valence-corrected chi connectivity index (χ0v) is 10.5. The van der Waals surface area contributed by atoms with E-state index >= 15 is 0 Å². The molecule has 96 valence electrons. The Labute approximate surface area is 106 Å². The van der Waals surface area contributed by atoms with E-state index in [-0.39, 0.29) is 12.0 Å². The third-order valence-corrected chi connectivity index (χ3v) is 4.54. The summed E-state index contributed by atoms with van der Waals surface area (Å²) >= 11 is 0. The fourth-order valence-corrected chi connectivity index (χ4v) is 3.67.